The Kier molecular flexibility index (Phi) is 4.23. The summed E-state index contributed by atoms with van der Waals surface area (Å²) in [6.45, 7) is 4.19. The van der Waals surface area contributed by atoms with Crippen LogP contribution in [0.1, 0.15) is 64.8 Å². The topological polar surface area (TPSA) is 69.0 Å². The SMILES string of the molecule is CC1(C)CCCC(CC(=O)Nc2nc3cccnc3n2C2CCC2)O1. The summed E-state index contributed by atoms with van der Waals surface area (Å²) in [5, 5.41) is 3.02. The van der Waals surface area contributed by atoms with Gasteiger partial charge in [-0.25, -0.2) is 9.97 Å². The number of carbonyl (C=O) groups is 1. The van der Waals surface area contributed by atoms with E-state index in [9.17, 15) is 4.79 Å². The largest absolute Gasteiger partial charge is 0.372 e. The first kappa shape index (κ1) is 16.5. The number of nitrogens with one attached hydrogen (secondary N) is 1. The predicted octanol–water partition coefficient (Wildman–Crippen LogP) is 3.83. The molecule has 1 saturated heterocycles. The monoisotopic (exact) mass is 342 g/mol. The van der Waals surface area contributed by atoms with Gasteiger partial charge in [-0.15, -0.1) is 0 Å². The van der Waals surface area contributed by atoms with Gasteiger partial charge >= 0.3 is 0 Å². The van der Waals surface area contributed by atoms with Gasteiger partial charge in [-0.1, -0.05) is 0 Å². The fourth-order valence-corrected chi connectivity index (χ4v) is 3.86. The van der Waals surface area contributed by atoms with Crippen molar-refractivity contribution in [2.75, 3.05) is 5.32 Å². The number of pyridine rings is 1. The summed E-state index contributed by atoms with van der Waals surface area (Å²) in [6.07, 6.45) is 8.70. The minimum Gasteiger partial charge on any atom is -0.372 e. The molecule has 3 heterocycles. The quantitative estimate of drug-likeness (QED) is 0.917. The zero-order valence-electron chi connectivity index (χ0n) is 15.0. The molecule has 1 aliphatic carbocycles. The molecule has 2 aliphatic rings. The van der Waals surface area contributed by atoms with Crippen molar-refractivity contribution >= 4 is 23.0 Å². The van der Waals surface area contributed by atoms with Gasteiger partial charge in [0.05, 0.1) is 18.1 Å². The van der Waals surface area contributed by atoms with Crippen molar-refractivity contribution in [3.05, 3.63) is 18.3 Å². The summed E-state index contributed by atoms with van der Waals surface area (Å²) in [7, 11) is 0. The Morgan fingerprint density at radius 2 is 2.20 bits per heavy atom. The van der Waals surface area contributed by atoms with E-state index in [1.807, 2.05) is 12.1 Å². The Balaban J connectivity index is 1.51. The second kappa shape index (κ2) is 6.41. The Morgan fingerprint density at radius 1 is 1.36 bits per heavy atom. The van der Waals surface area contributed by atoms with Crippen LogP contribution in [0, 0.1) is 0 Å². The minimum absolute atomic E-state index is 0.0107. The van der Waals surface area contributed by atoms with Crippen molar-refractivity contribution in [1.82, 2.24) is 14.5 Å². The third-order valence-electron chi connectivity index (χ3n) is 5.34. The maximum Gasteiger partial charge on any atom is 0.229 e. The molecule has 4 rings (SSSR count). The van der Waals surface area contributed by atoms with E-state index in [0.29, 0.717) is 18.4 Å². The Morgan fingerprint density at radius 3 is 2.92 bits per heavy atom. The van der Waals surface area contributed by atoms with Gasteiger partial charge in [0.25, 0.3) is 0 Å². The van der Waals surface area contributed by atoms with Gasteiger partial charge in [0, 0.05) is 12.2 Å². The molecule has 1 atom stereocenters. The maximum absolute atomic E-state index is 12.6. The molecule has 1 N–H and O–H groups in total. The van der Waals surface area contributed by atoms with Crippen molar-refractivity contribution in [2.45, 2.75) is 76.5 Å². The number of carbonyl (C=O) groups excluding carboxylic acids is 1. The molecule has 1 saturated carbocycles. The van der Waals surface area contributed by atoms with Gasteiger partial charge in [-0.3, -0.25) is 14.7 Å². The van der Waals surface area contributed by atoms with E-state index in [0.717, 1.165) is 43.3 Å². The molecule has 6 nitrogen and oxygen atoms in total. The number of fused-ring (bicyclic) bond motifs is 1. The zero-order chi connectivity index (χ0) is 17.4. The molecule has 1 unspecified atom stereocenters. The number of rotatable bonds is 4. The third kappa shape index (κ3) is 3.40. The van der Waals surface area contributed by atoms with Gasteiger partial charge in [0.15, 0.2) is 5.65 Å². The molecule has 1 aliphatic heterocycles. The normalized spacial score (nSPS) is 23.4. The van der Waals surface area contributed by atoms with E-state index >= 15 is 0 Å². The molecule has 0 aromatic carbocycles. The number of hydrogen-bond donors (Lipinski definition) is 1. The summed E-state index contributed by atoms with van der Waals surface area (Å²) in [5.41, 5.74) is 1.56. The lowest BCUT2D eigenvalue weighted by atomic mass is 9.93. The number of ether oxygens (including phenoxy) is 1. The average molecular weight is 342 g/mol. The van der Waals surface area contributed by atoms with Crippen LogP contribution in [0.15, 0.2) is 18.3 Å². The molecule has 0 radical (unpaired) electrons. The van der Waals surface area contributed by atoms with E-state index in [4.69, 9.17) is 4.74 Å². The van der Waals surface area contributed by atoms with Crippen LogP contribution in [0.3, 0.4) is 0 Å². The van der Waals surface area contributed by atoms with Gasteiger partial charge in [0.2, 0.25) is 11.9 Å². The average Bonchev–Trinajstić information content (AvgIpc) is 2.83. The summed E-state index contributed by atoms with van der Waals surface area (Å²) >= 11 is 0. The molecule has 2 aromatic rings. The summed E-state index contributed by atoms with van der Waals surface area (Å²) in [5.74, 6) is 0.594. The van der Waals surface area contributed by atoms with Crippen molar-refractivity contribution in [3.8, 4) is 0 Å². The molecule has 25 heavy (non-hydrogen) atoms. The van der Waals surface area contributed by atoms with E-state index in [1.54, 1.807) is 6.20 Å². The van der Waals surface area contributed by atoms with Crippen LogP contribution in [-0.2, 0) is 9.53 Å². The zero-order valence-corrected chi connectivity index (χ0v) is 15.0. The number of anilines is 1. The highest BCUT2D eigenvalue weighted by molar-refractivity contribution is 5.91. The highest BCUT2D eigenvalue weighted by Gasteiger charge is 2.31. The number of amides is 1. The number of aromatic nitrogens is 3. The second-order valence-electron chi connectivity index (χ2n) is 7.88. The summed E-state index contributed by atoms with van der Waals surface area (Å²) in [6, 6.07) is 4.21. The van der Waals surface area contributed by atoms with Crippen LogP contribution in [0.2, 0.25) is 0 Å². The molecule has 6 heteroatoms. The van der Waals surface area contributed by atoms with Crippen LogP contribution in [0.4, 0.5) is 5.95 Å². The Labute approximate surface area is 148 Å². The first-order valence-electron chi connectivity index (χ1n) is 9.32. The molecule has 0 bridgehead atoms. The van der Waals surface area contributed by atoms with E-state index in [2.05, 4.69) is 33.7 Å². The predicted molar refractivity (Wildman–Crippen MR) is 96.5 cm³/mol. The third-order valence-corrected chi connectivity index (χ3v) is 5.34. The highest BCUT2D eigenvalue weighted by atomic mass is 16.5. The van der Waals surface area contributed by atoms with Gasteiger partial charge in [0.1, 0.15) is 5.52 Å². The van der Waals surface area contributed by atoms with Crippen molar-refractivity contribution in [1.29, 1.82) is 0 Å². The van der Waals surface area contributed by atoms with Crippen molar-refractivity contribution in [2.24, 2.45) is 0 Å². The standard InChI is InChI=1S/C19H26N4O2/c1-19(2)10-4-8-14(25-19)12-16(24)22-18-21-15-9-5-11-20-17(15)23(18)13-6-3-7-13/h5,9,11,13-14H,3-4,6-8,10,12H2,1-2H3,(H,21,22,24). The van der Waals surface area contributed by atoms with Crippen LogP contribution in [0.5, 0.6) is 0 Å². The molecule has 2 aromatic heterocycles. The molecule has 0 spiro atoms. The molecular weight excluding hydrogens is 316 g/mol. The lowest BCUT2D eigenvalue weighted by Crippen LogP contribution is -2.37. The highest BCUT2D eigenvalue weighted by Crippen LogP contribution is 2.36. The fraction of sp³-hybridized carbons (Fsp3) is 0.632. The first-order chi connectivity index (χ1) is 12.0. The Bertz CT molecular complexity index is 779. The van der Waals surface area contributed by atoms with Crippen molar-refractivity contribution < 1.29 is 9.53 Å². The van der Waals surface area contributed by atoms with E-state index in [1.165, 1.54) is 6.42 Å². The van der Waals surface area contributed by atoms with Gasteiger partial charge < -0.3 is 4.74 Å². The van der Waals surface area contributed by atoms with Crippen molar-refractivity contribution in [3.63, 3.8) is 0 Å². The van der Waals surface area contributed by atoms with E-state index in [-0.39, 0.29) is 17.6 Å². The molecular formula is C19H26N4O2. The Hall–Kier alpha value is -1.95. The summed E-state index contributed by atoms with van der Waals surface area (Å²) in [4.78, 5) is 21.7. The van der Waals surface area contributed by atoms with Crippen LogP contribution >= 0.6 is 0 Å². The maximum atomic E-state index is 12.6. The number of hydrogen-bond acceptors (Lipinski definition) is 4. The lowest BCUT2D eigenvalue weighted by Gasteiger charge is -2.35. The van der Waals surface area contributed by atoms with Gasteiger partial charge in [-0.05, 0) is 64.5 Å². The molecule has 2 fully saturated rings. The smallest absolute Gasteiger partial charge is 0.229 e. The number of nitrogens with zero attached hydrogens (tertiary/aromatic N) is 3. The van der Waals surface area contributed by atoms with Crippen LogP contribution in [0.25, 0.3) is 11.2 Å². The minimum atomic E-state index is -0.133. The first-order valence-corrected chi connectivity index (χ1v) is 9.32. The lowest BCUT2D eigenvalue weighted by molar-refractivity contribution is -0.131. The van der Waals surface area contributed by atoms with Crippen LogP contribution < -0.4 is 5.32 Å². The van der Waals surface area contributed by atoms with Crippen LogP contribution in [-0.4, -0.2) is 32.1 Å². The molecule has 134 valence electrons. The second-order valence-corrected chi connectivity index (χ2v) is 7.88. The molecule has 1 amide bonds. The van der Waals surface area contributed by atoms with E-state index < -0.39 is 0 Å². The number of imidazole rings is 1. The fourth-order valence-electron chi connectivity index (χ4n) is 3.86. The summed E-state index contributed by atoms with van der Waals surface area (Å²) < 4.78 is 8.15. The van der Waals surface area contributed by atoms with Gasteiger partial charge in [-0.2, -0.15) is 0 Å².